The van der Waals surface area contributed by atoms with E-state index in [1.54, 1.807) is 7.11 Å². The molecule has 6 nitrogen and oxygen atoms in total. The molecule has 2 N–H and O–H groups in total. The van der Waals surface area contributed by atoms with Crippen molar-refractivity contribution in [2.45, 2.75) is 19.5 Å². The average Bonchev–Trinajstić information content (AvgIpc) is 2.80. The number of morpholine rings is 1. The quantitative estimate of drug-likeness (QED) is 0.496. The molecule has 0 radical (unpaired) electrons. The molecule has 1 aliphatic heterocycles. The summed E-state index contributed by atoms with van der Waals surface area (Å²) in [6, 6.07) is 11.5. The van der Waals surface area contributed by atoms with E-state index in [0.29, 0.717) is 32.3 Å². The van der Waals surface area contributed by atoms with Gasteiger partial charge >= 0.3 is 0 Å². The van der Waals surface area contributed by atoms with E-state index in [1.165, 1.54) is 6.07 Å². The van der Waals surface area contributed by atoms with Crippen molar-refractivity contribution in [3.05, 3.63) is 65.2 Å². The van der Waals surface area contributed by atoms with Gasteiger partial charge in [0, 0.05) is 31.7 Å². The third kappa shape index (κ3) is 6.63. The number of halogens is 2. The van der Waals surface area contributed by atoms with Crippen LogP contribution in [0.15, 0.2) is 47.5 Å². The summed E-state index contributed by atoms with van der Waals surface area (Å²) in [6.07, 6.45) is 0. The number of methoxy groups -OCH3 is 1. The lowest BCUT2D eigenvalue weighted by molar-refractivity contribution is 0.0170. The second-order valence-corrected chi connectivity index (χ2v) is 7.25. The molecule has 2 aromatic carbocycles. The fraction of sp³-hybridized carbons (Fsp3) is 0.435. The number of aliphatic imine (C=N–C) groups is 1. The van der Waals surface area contributed by atoms with Crippen molar-refractivity contribution in [2.75, 3.05) is 46.5 Å². The highest BCUT2D eigenvalue weighted by Crippen LogP contribution is 2.23. The number of rotatable bonds is 8. The maximum absolute atomic E-state index is 13.9. The van der Waals surface area contributed by atoms with Crippen LogP contribution in [-0.2, 0) is 11.3 Å². The van der Waals surface area contributed by atoms with E-state index in [1.807, 2.05) is 19.1 Å². The predicted molar refractivity (Wildman–Crippen MR) is 117 cm³/mol. The molecule has 1 fully saturated rings. The van der Waals surface area contributed by atoms with Crippen LogP contribution in [-0.4, -0.2) is 57.4 Å². The van der Waals surface area contributed by atoms with Gasteiger partial charge < -0.3 is 20.1 Å². The van der Waals surface area contributed by atoms with Gasteiger partial charge in [-0.15, -0.1) is 0 Å². The zero-order chi connectivity index (χ0) is 22.1. The summed E-state index contributed by atoms with van der Waals surface area (Å²) in [4.78, 5) is 6.82. The molecule has 0 spiro atoms. The second-order valence-electron chi connectivity index (χ2n) is 7.25. The van der Waals surface area contributed by atoms with E-state index in [0.717, 1.165) is 36.5 Å². The van der Waals surface area contributed by atoms with Crippen LogP contribution in [0.1, 0.15) is 24.1 Å². The summed E-state index contributed by atoms with van der Waals surface area (Å²) in [5.74, 6) is 0.421. The Morgan fingerprint density at radius 2 is 1.87 bits per heavy atom. The first-order valence-corrected chi connectivity index (χ1v) is 10.5. The topological polar surface area (TPSA) is 58.1 Å². The van der Waals surface area contributed by atoms with Crippen LogP contribution in [0.25, 0.3) is 0 Å². The fourth-order valence-corrected chi connectivity index (χ4v) is 3.54. The maximum Gasteiger partial charge on any atom is 0.191 e. The zero-order valence-corrected chi connectivity index (χ0v) is 18.0. The molecule has 168 valence electrons. The van der Waals surface area contributed by atoms with Gasteiger partial charge in [-0.25, -0.2) is 13.8 Å². The zero-order valence-electron chi connectivity index (χ0n) is 18.0. The Balaban J connectivity index is 1.73. The molecule has 0 amide bonds. The van der Waals surface area contributed by atoms with E-state index in [2.05, 4.69) is 32.7 Å². The molecule has 3 rings (SSSR count). The molecule has 1 saturated heterocycles. The average molecular weight is 433 g/mol. The van der Waals surface area contributed by atoms with Gasteiger partial charge in [-0.3, -0.25) is 4.90 Å². The molecular weight excluding hydrogens is 402 g/mol. The predicted octanol–water partition coefficient (Wildman–Crippen LogP) is 3.10. The summed E-state index contributed by atoms with van der Waals surface area (Å²) < 4.78 is 38.2. The highest BCUT2D eigenvalue weighted by molar-refractivity contribution is 5.79. The highest BCUT2D eigenvalue weighted by atomic mass is 19.1. The van der Waals surface area contributed by atoms with Gasteiger partial charge in [-0.1, -0.05) is 12.1 Å². The van der Waals surface area contributed by atoms with Gasteiger partial charge in [0.25, 0.3) is 0 Å². The number of hydrogen-bond donors (Lipinski definition) is 2. The number of benzene rings is 2. The lowest BCUT2D eigenvalue weighted by atomic mass is 10.0. The van der Waals surface area contributed by atoms with E-state index in [9.17, 15) is 8.78 Å². The van der Waals surface area contributed by atoms with Crippen molar-refractivity contribution in [1.82, 2.24) is 15.5 Å². The first-order valence-electron chi connectivity index (χ1n) is 10.5. The monoisotopic (exact) mass is 432 g/mol. The smallest absolute Gasteiger partial charge is 0.191 e. The maximum atomic E-state index is 13.9. The van der Waals surface area contributed by atoms with E-state index in [-0.39, 0.29) is 18.2 Å². The number of hydrogen-bond acceptors (Lipinski definition) is 4. The first kappa shape index (κ1) is 23.0. The molecule has 0 saturated carbocycles. The highest BCUT2D eigenvalue weighted by Gasteiger charge is 2.23. The molecule has 1 aliphatic rings. The van der Waals surface area contributed by atoms with Crippen molar-refractivity contribution in [3.63, 3.8) is 0 Å². The van der Waals surface area contributed by atoms with Crippen molar-refractivity contribution >= 4 is 5.96 Å². The standard InChI is InChI=1S/C23H30F2N4O2/c1-3-26-23(27-15-18-14-19(24)6-9-21(18)25)28-16-22(29-10-12-31-13-11-29)17-4-7-20(30-2)8-5-17/h4-9,14,22H,3,10-13,15-16H2,1-2H3,(H2,26,27,28). The Bertz CT molecular complexity index is 855. The van der Waals surface area contributed by atoms with Crippen LogP contribution in [0.5, 0.6) is 5.75 Å². The van der Waals surface area contributed by atoms with E-state index in [4.69, 9.17) is 9.47 Å². The van der Waals surface area contributed by atoms with Crippen LogP contribution >= 0.6 is 0 Å². The summed E-state index contributed by atoms with van der Waals surface area (Å²) in [5, 5.41) is 6.53. The molecule has 1 atom stereocenters. The van der Waals surface area contributed by atoms with Crippen LogP contribution < -0.4 is 15.4 Å². The van der Waals surface area contributed by atoms with Gasteiger partial charge in [-0.2, -0.15) is 0 Å². The van der Waals surface area contributed by atoms with Crippen molar-refractivity contribution in [3.8, 4) is 5.75 Å². The molecule has 8 heteroatoms. The Hall–Kier alpha value is -2.71. The molecule has 0 bridgehead atoms. The summed E-state index contributed by atoms with van der Waals surface area (Å²) in [6.45, 7) is 6.32. The molecule has 1 heterocycles. The fourth-order valence-electron chi connectivity index (χ4n) is 3.54. The Kier molecular flexibility index (Phi) is 8.61. The molecular formula is C23H30F2N4O2. The minimum atomic E-state index is -0.476. The molecule has 1 unspecified atom stereocenters. The van der Waals surface area contributed by atoms with Crippen molar-refractivity contribution in [1.29, 1.82) is 0 Å². The lowest BCUT2D eigenvalue weighted by Crippen LogP contribution is -2.46. The third-order valence-corrected chi connectivity index (χ3v) is 5.21. The molecule has 0 aliphatic carbocycles. The number of nitrogens with one attached hydrogen (secondary N) is 2. The van der Waals surface area contributed by atoms with Crippen molar-refractivity contribution in [2.24, 2.45) is 4.99 Å². The summed E-state index contributed by atoms with van der Waals surface area (Å²) in [5.41, 5.74) is 1.37. The summed E-state index contributed by atoms with van der Waals surface area (Å²) in [7, 11) is 1.65. The van der Waals surface area contributed by atoms with Gasteiger partial charge in [0.15, 0.2) is 5.96 Å². The Morgan fingerprint density at radius 1 is 1.13 bits per heavy atom. The number of guanidine groups is 1. The molecule has 0 aromatic heterocycles. The summed E-state index contributed by atoms with van der Waals surface area (Å²) >= 11 is 0. The third-order valence-electron chi connectivity index (χ3n) is 5.21. The van der Waals surface area contributed by atoms with Crippen LogP contribution in [0, 0.1) is 11.6 Å². The van der Waals surface area contributed by atoms with E-state index >= 15 is 0 Å². The Morgan fingerprint density at radius 3 is 2.55 bits per heavy atom. The Labute approximate surface area is 182 Å². The number of nitrogens with zero attached hydrogens (tertiary/aromatic N) is 2. The van der Waals surface area contributed by atoms with Crippen LogP contribution in [0.3, 0.4) is 0 Å². The van der Waals surface area contributed by atoms with Crippen LogP contribution in [0.2, 0.25) is 0 Å². The first-order chi connectivity index (χ1) is 15.1. The van der Waals surface area contributed by atoms with Crippen LogP contribution in [0.4, 0.5) is 8.78 Å². The van der Waals surface area contributed by atoms with Gasteiger partial charge in [0.05, 0.1) is 32.9 Å². The number of ether oxygens (including phenoxy) is 2. The normalized spacial score (nSPS) is 16.1. The SMILES string of the molecule is CCNC(=NCc1cc(F)ccc1F)NCC(c1ccc(OC)cc1)N1CCOCC1. The largest absolute Gasteiger partial charge is 0.497 e. The van der Waals surface area contributed by atoms with Gasteiger partial charge in [0.1, 0.15) is 17.4 Å². The second kappa shape index (κ2) is 11.6. The lowest BCUT2D eigenvalue weighted by Gasteiger charge is -2.35. The van der Waals surface area contributed by atoms with Gasteiger partial charge in [0.2, 0.25) is 0 Å². The van der Waals surface area contributed by atoms with Gasteiger partial charge in [-0.05, 0) is 42.8 Å². The molecule has 2 aromatic rings. The molecule has 31 heavy (non-hydrogen) atoms. The minimum Gasteiger partial charge on any atom is -0.497 e. The minimum absolute atomic E-state index is 0.0453. The van der Waals surface area contributed by atoms with Crippen molar-refractivity contribution < 1.29 is 18.3 Å². The van der Waals surface area contributed by atoms with E-state index < -0.39 is 11.6 Å².